The predicted octanol–water partition coefficient (Wildman–Crippen LogP) is 2.57. The molecule has 0 aromatic rings. The fourth-order valence-electron chi connectivity index (χ4n) is 2.57. The van der Waals surface area contributed by atoms with E-state index in [1.165, 1.54) is 18.5 Å². The number of hydrogen-bond donors (Lipinski definition) is 2. The minimum absolute atomic E-state index is 0.432. The van der Waals surface area contributed by atoms with Crippen LogP contribution in [-0.4, -0.2) is 12.6 Å². The first-order chi connectivity index (χ1) is 7.79. The van der Waals surface area contributed by atoms with Crippen LogP contribution < -0.4 is 10.6 Å². The zero-order valence-electron chi connectivity index (χ0n) is 10.2. The summed E-state index contributed by atoms with van der Waals surface area (Å²) in [4.78, 5) is 0. The first-order valence-electron chi connectivity index (χ1n) is 6.32. The highest BCUT2D eigenvalue weighted by Gasteiger charge is 2.26. The Morgan fingerprint density at radius 2 is 2.19 bits per heavy atom. The molecule has 0 amide bonds. The Bertz CT molecular complexity index is 313. The van der Waals surface area contributed by atoms with Crippen molar-refractivity contribution in [3.8, 4) is 0 Å². The van der Waals surface area contributed by atoms with Crippen LogP contribution in [0.5, 0.6) is 0 Å². The van der Waals surface area contributed by atoms with Gasteiger partial charge in [0.1, 0.15) is 0 Å². The third-order valence-electron chi connectivity index (χ3n) is 3.35. The molecule has 2 heteroatoms. The van der Waals surface area contributed by atoms with Crippen LogP contribution in [0.4, 0.5) is 0 Å². The molecule has 16 heavy (non-hydrogen) atoms. The molecular weight excluding hydrogens is 196 g/mol. The van der Waals surface area contributed by atoms with Crippen LogP contribution in [0.1, 0.15) is 26.7 Å². The van der Waals surface area contributed by atoms with E-state index in [2.05, 4.69) is 48.8 Å². The topological polar surface area (TPSA) is 24.1 Å². The predicted molar refractivity (Wildman–Crippen MR) is 68.9 cm³/mol. The van der Waals surface area contributed by atoms with Gasteiger partial charge in [-0.05, 0) is 31.0 Å². The summed E-state index contributed by atoms with van der Waals surface area (Å²) in [6.45, 7) is 5.73. The van der Waals surface area contributed by atoms with E-state index in [1.54, 1.807) is 0 Å². The van der Waals surface area contributed by atoms with E-state index < -0.39 is 0 Å². The number of rotatable bonds is 3. The lowest BCUT2D eigenvalue weighted by molar-refractivity contribution is 0.354. The SMILES string of the molecule is CC(C)C(C1=CCCCN1)C1C=CC=CN1. The van der Waals surface area contributed by atoms with E-state index in [1.807, 2.05) is 6.20 Å². The molecule has 0 spiro atoms. The summed E-state index contributed by atoms with van der Waals surface area (Å²) in [6.07, 6.45) is 13.4. The lowest BCUT2D eigenvalue weighted by Crippen LogP contribution is -2.40. The number of hydrogen-bond acceptors (Lipinski definition) is 2. The fourth-order valence-corrected chi connectivity index (χ4v) is 2.57. The van der Waals surface area contributed by atoms with Crippen molar-refractivity contribution in [2.75, 3.05) is 6.54 Å². The van der Waals surface area contributed by atoms with Crippen molar-refractivity contribution in [2.45, 2.75) is 32.7 Å². The van der Waals surface area contributed by atoms with Crippen LogP contribution in [0, 0.1) is 11.8 Å². The molecule has 0 saturated heterocycles. The summed E-state index contributed by atoms with van der Waals surface area (Å²) in [5.74, 6) is 1.20. The zero-order chi connectivity index (χ0) is 11.4. The van der Waals surface area contributed by atoms with E-state index in [0.29, 0.717) is 17.9 Å². The van der Waals surface area contributed by atoms with Gasteiger partial charge in [-0.3, -0.25) is 0 Å². The first kappa shape index (κ1) is 11.3. The number of nitrogens with one attached hydrogen (secondary N) is 2. The Morgan fingerprint density at radius 3 is 2.75 bits per heavy atom. The van der Waals surface area contributed by atoms with Crippen molar-refractivity contribution in [1.29, 1.82) is 0 Å². The van der Waals surface area contributed by atoms with Crippen LogP contribution in [0.15, 0.2) is 36.2 Å². The van der Waals surface area contributed by atoms with Gasteiger partial charge in [0, 0.05) is 18.2 Å². The third-order valence-corrected chi connectivity index (χ3v) is 3.35. The van der Waals surface area contributed by atoms with E-state index in [4.69, 9.17) is 0 Å². The van der Waals surface area contributed by atoms with Gasteiger partial charge in [-0.25, -0.2) is 0 Å². The fraction of sp³-hybridized carbons (Fsp3) is 0.571. The second-order valence-corrected chi connectivity index (χ2v) is 4.93. The van der Waals surface area contributed by atoms with Crippen LogP contribution in [-0.2, 0) is 0 Å². The lowest BCUT2D eigenvalue weighted by atomic mass is 9.83. The van der Waals surface area contributed by atoms with Gasteiger partial charge in [0.15, 0.2) is 0 Å². The summed E-state index contributed by atoms with van der Waals surface area (Å²) >= 11 is 0. The molecule has 2 aliphatic heterocycles. The van der Waals surface area contributed by atoms with Gasteiger partial charge in [0.25, 0.3) is 0 Å². The summed E-state index contributed by atoms with van der Waals surface area (Å²) in [6, 6.07) is 0.432. The quantitative estimate of drug-likeness (QED) is 0.761. The Morgan fingerprint density at radius 1 is 1.31 bits per heavy atom. The molecule has 2 rings (SSSR count). The standard InChI is InChI=1S/C14H22N2/c1-11(2)14(12-7-3-5-9-15-12)13-8-4-6-10-16-13/h3,5,7-9,11-12,14-16H,4,6,10H2,1-2H3. The van der Waals surface area contributed by atoms with Crippen LogP contribution in [0.3, 0.4) is 0 Å². The van der Waals surface area contributed by atoms with Gasteiger partial charge in [0.2, 0.25) is 0 Å². The molecule has 88 valence electrons. The van der Waals surface area contributed by atoms with Crippen LogP contribution >= 0.6 is 0 Å². The summed E-state index contributed by atoms with van der Waals surface area (Å²) in [7, 11) is 0. The molecule has 2 N–H and O–H groups in total. The monoisotopic (exact) mass is 218 g/mol. The van der Waals surface area contributed by atoms with Gasteiger partial charge in [-0.15, -0.1) is 0 Å². The van der Waals surface area contributed by atoms with E-state index in [-0.39, 0.29) is 0 Å². The molecule has 0 aromatic carbocycles. The third kappa shape index (κ3) is 2.49. The van der Waals surface area contributed by atoms with Crippen molar-refractivity contribution in [2.24, 2.45) is 11.8 Å². The molecule has 0 saturated carbocycles. The highest BCUT2D eigenvalue weighted by Crippen LogP contribution is 2.26. The average Bonchev–Trinajstić information content (AvgIpc) is 2.31. The smallest absolute Gasteiger partial charge is 0.0527 e. The van der Waals surface area contributed by atoms with E-state index in [0.717, 1.165) is 6.54 Å². The second-order valence-electron chi connectivity index (χ2n) is 4.93. The maximum Gasteiger partial charge on any atom is 0.0527 e. The zero-order valence-corrected chi connectivity index (χ0v) is 10.2. The molecule has 2 heterocycles. The normalized spacial score (nSPS) is 25.9. The molecule has 0 aliphatic carbocycles. The van der Waals surface area contributed by atoms with Crippen LogP contribution in [0.2, 0.25) is 0 Å². The minimum atomic E-state index is 0.432. The maximum absolute atomic E-state index is 3.56. The first-order valence-corrected chi connectivity index (χ1v) is 6.32. The van der Waals surface area contributed by atoms with Gasteiger partial charge in [-0.1, -0.05) is 32.1 Å². The molecule has 2 atom stereocenters. The summed E-state index contributed by atoms with van der Waals surface area (Å²) in [5.41, 5.74) is 1.43. The Labute approximate surface area is 98.5 Å². The Hall–Kier alpha value is -1.18. The molecule has 0 aromatic heterocycles. The second kappa shape index (κ2) is 5.24. The van der Waals surface area contributed by atoms with Gasteiger partial charge in [-0.2, -0.15) is 0 Å². The minimum Gasteiger partial charge on any atom is -0.388 e. The summed E-state index contributed by atoms with van der Waals surface area (Å²) in [5, 5.41) is 7.01. The molecule has 2 unspecified atom stereocenters. The molecular formula is C14H22N2. The number of allylic oxidation sites excluding steroid dienone is 3. The molecule has 0 radical (unpaired) electrons. The average molecular weight is 218 g/mol. The van der Waals surface area contributed by atoms with Crippen molar-refractivity contribution >= 4 is 0 Å². The largest absolute Gasteiger partial charge is 0.388 e. The Balaban J connectivity index is 2.13. The van der Waals surface area contributed by atoms with Crippen molar-refractivity contribution in [3.05, 3.63) is 36.2 Å². The maximum atomic E-state index is 3.56. The molecule has 2 aliphatic rings. The Kier molecular flexibility index (Phi) is 3.70. The van der Waals surface area contributed by atoms with Gasteiger partial charge in [0.05, 0.1) is 6.04 Å². The molecule has 0 fully saturated rings. The highest BCUT2D eigenvalue weighted by molar-refractivity contribution is 5.20. The highest BCUT2D eigenvalue weighted by atomic mass is 14.9. The molecule has 0 bridgehead atoms. The van der Waals surface area contributed by atoms with Gasteiger partial charge >= 0.3 is 0 Å². The molecule has 2 nitrogen and oxygen atoms in total. The summed E-state index contributed by atoms with van der Waals surface area (Å²) < 4.78 is 0. The van der Waals surface area contributed by atoms with E-state index >= 15 is 0 Å². The van der Waals surface area contributed by atoms with Crippen molar-refractivity contribution in [3.63, 3.8) is 0 Å². The van der Waals surface area contributed by atoms with Gasteiger partial charge < -0.3 is 10.6 Å². The van der Waals surface area contributed by atoms with E-state index in [9.17, 15) is 0 Å². The lowest BCUT2D eigenvalue weighted by Gasteiger charge is -2.33. The van der Waals surface area contributed by atoms with Crippen molar-refractivity contribution in [1.82, 2.24) is 10.6 Å². The van der Waals surface area contributed by atoms with Crippen LogP contribution in [0.25, 0.3) is 0 Å². The number of dihydropyridines is 1. The van der Waals surface area contributed by atoms with Crippen molar-refractivity contribution < 1.29 is 0 Å².